The molecule has 0 unspecified atom stereocenters. The first-order valence-corrected chi connectivity index (χ1v) is 6.31. The third-order valence-electron chi connectivity index (χ3n) is 3.43. The number of pyridine rings is 1. The lowest BCUT2D eigenvalue weighted by molar-refractivity contribution is 0.629. The standard InChI is InChI=1S/C15H11FN4/c1-9-3-2-4-14(18-9)20-12-6-5-10(16)7-11(12)15-13(20)8-17-19-15/h2-8H,1H3,(H,17,19). The van der Waals surface area contributed by atoms with E-state index in [0.29, 0.717) is 0 Å². The molecule has 98 valence electrons. The van der Waals surface area contributed by atoms with Crippen LogP contribution in [-0.2, 0) is 0 Å². The molecule has 20 heavy (non-hydrogen) atoms. The lowest BCUT2D eigenvalue weighted by Gasteiger charge is -2.06. The van der Waals surface area contributed by atoms with Crippen molar-refractivity contribution < 1.29 is 4.39 Å². The largest absolute Gasteiger partial charge is 0.291 e. The van der Waals surface area contributed by atoms with Gasteiger partial charge in [-0.05, 0) is 37.3 Å². The number of benzene rings is 1. The quantitative estimate of drug-likeness (QED) is 0.574. The lowest BCUT2D eigenvalue weighted by Crippen LogP contribution is -1.97. The van der Waals surface area contributed by atoms with Gasteiger partial charge in [-0.25, -0.2) is 9.37 Å². The monoisotopic (exact) mass is 266 g/mol. The first-order chi connectivity index (χ1) is 9.74. The molecule has 0 bridgehead atoms. The molecule has 1 aromatic carbocycles. The number of hydrogen-bond acceptors (Lipinski definition) is 2. The number of aromatic amines is 1. The zero-order valence-electron chi connectivity index (χ0n) is 10.8. The Labute approximate surface area is 113 Å². The van der Waals surface area contributed by atoms with Crippen LogP contribution in [0.15, 0.2) is 42.6 Å². The highest BCUT2D eigenvalue weighted by molar-refractivity contribution is 6.06. The molecular weight excluding hydrogens is 255 g/mol. The van der Waals surface area contributed by atoms with E-state index in [2.05, 4.69) is 15.2 Å². The average Bonchev–Trinajstić information content (AvgIpc) is 2.99. The van der Waals surface area contributed by atoms with Crippen LogP contribution < -0.4 is 0 Å². The third kappa shape index (κ3) is 1.46. The van der Waals surface area contributed by atoms with Crippen molar-refractivity contribution >= 4 is 21.9 Å². The maximum Gasteiger partial charge on any atom is 0.137 e. The van der Waals surface area contributed by atoms with E-state index in [1.54, 1.807) is 12.3 Å². The van der Waals surface area contributed by atoms with Gasteiger partial charge < -0.3 is 0 Å². The van der Waals surface area contributed by atoms with Gasteiger partial charge in [-0.2, -0.15) is 5.10 Å². The summed E-state index contributed by atoms with van der Waals surface area (Å²) in [5.74, 6) is 0.543. The molecular formula is C15H11FN4. The molecule has 0 aliphatic heterocycles. The number of H-pyrrole nitrogens is 1. The summed E-state index contributed by atoms with van der Waals surface area (Å²) in [6.07, 6.45) is 1.73. The van der Waals surface area contributed by atoms with Gasteiger partial charge in [0.2, 0.25) is 0 Å². The van der Waals surface area contributed by atoms with Crippen molar-refractivity contribution in [2.75, 3.05) is 0 Å². The molecule has 4 rings (SSSR count). The number of fused-ring (bicyclic) bond motifs is 3. The molecule has 0 atom stereocenters. The molecule has 0 radical (unpaired) electrons. The fourth-order valence-electron chi connectivity index (χ4n) is 2.58. The van der Waals surface area contributed by atoms with Crippen molar-refractivity contribution in [1.82, 2.24) is 19.7 Å². The molecule has 5 heteroatoms. The first-order valence-electron chi connectivity index (χ1n) is 6.31. The van der Waals surface area contributed by atoms with Gasteiger partial charge in [-0.1, -0.05) is 6.07 Å². The molecule has 4 nitrogen and oxygen atoms in total. The van der Waals surface area contributed by atoms with Gasteiger partial charge in [0.05, 0.1) is 22.7 Å². The second kappa shape index (κ2) is 3.90. The van der Waals surface area contributed by atoms with E-state index in [1.165, 1.54) is 12.1 Å². The minimum absolute atomic E-state index is 0.261. The summed E-state index contributed by atoms with van der Waals surface area (Å²) >= 11 is 0. The minimum atomic E-state index is -0.261. The van der Waals surface area contributed by atoms with Gasteiger partial charge in [0.1, 0.15) is 11.6 Å². The van der Waals surface area contributed by atoms with Gasteiger partial charge in [0.25, 0.3) is 0 Å². The van der Waals surface area contributed by atoms with Crippen LogP contribution in [0.5, 0.6) is 0 Å². The highest BCUT2D eigenvalue weighted by Crippen LogP contribution is 2.30. The summed E-state index contributed by atoms with van der Waals surface area (Å²) in [6.45, 7) is 1.95. The smallest absolute Gasteiger partial charge is 0.137 e. The second-order valence-electron chi connectivity index (χ2n) is 4.76. The summed E-state index contributed by atoms with van der Waals surface area (Å²) in [6, 6.07) is 10.6. The first kappa shape index (κ1) is 11.2. The van der Waals surface area contributed by atoms with Gasteiger partial charge in [-0.3, -0.25) is 9.67 Å². The van der Waals surface area contributed by atoms with E-state index >= 15 is 0 Å². The van der Waals surface area contributed by atoms with Gasteiger partial charge in [0, 0.05) is 11.1 Å². The molecule has 0 aliphatic carbocycles. The predicted octanol–water partition coefficient (Wildman–Crippen LogP) is 3.35. The van der Waals surface area contributed by atoms with Crippen LogP contribution in [0.1, 0.15) is 5.69 Å². The van der Waals surface area contributed by atoms with Crippen molar-refractivity contribution in [3.05, 3.63) is 54.1 Å². The molecule has 0 fully saturated rings. The second-order valence-corrected chi connectivity index (χ2v) is 4.76. The number of aromatic nitrogens is 4. The molecule has 3 aromatic heterocycles. The van der Waals surface area contributed by atoms with Gasteiger partial charge in [0.15, 0.2) is 0 Å². The van der Waals surface area contributed by atoms with Crippen molar-refractivity contribution in [3.63, 3.8) is 0 Å². The van der Waals surface area contributed by atoms with Crippen LogP contribution in [0.2, 0.25) is 0 Å². The Morgan fingerprint density at radius 3 is 2.90 bits per heavy atom. The van der Waals surface area contributed by atoms with Gasteiger partial charge >= 0.3 is 0 Å². The zero-order chi connectivity index (χ0) is 13.7. The molecule has 1 N–H and O–H groups in total. The Morgan fingerprint density at radius 2 is 2.05 bits per heavy atom. The Morgan fingerprint density at radius 1 is 1.15 bits per heavy atom. The SMILES string of the molecule is Cc1cccc(-n2c3ccc(F)cc3c3[nH]ncc32)n1. The predicted molar refractivity (Wildman–Crippen MR) is 75.4 cm³/mol. The molecule has 0 saturated carbocycles. The van der Waals surface area contributed by atoms with Crippen molar-refractivity contribution in [1.29, 1.82) is 0 Å². The summed E-state index contributed by atoms with van der Waals surface area (Å²) < 4.78 is 15.5. The molecule has 3 heterocycles. The highest BCUT2D eigenvalue weighted by Gasteiger charge is 2.14. The topological polar surface area (TPSA) is 46.5 Å². The van der Waals surface area contributed by atoms with Crippen LogP contribution in [0.25, 0.3) is 27.8 Å². The van der Waals surface area contributed by atoms with Crippen LogP contribution in [0, 0.1) is 12.7 Å². The number of nitrogens with zero attached hydrogens (tertiary/aromatic N) is 3. The lowest BCUT2D eigenvalue weighted by atomic mass is 10.2. The number of hydrogen-bond donors (Lipinski definition) is 1. The maximum atomic E-state index is 13.5. The normalized spacial score (nSPS) is 11.5. The molecule has 0 saturated heterocycles. The van der Waals surface area contributed by atoms with E-state index in [1.807, 2.05) is 29.7 Å². The fraction of sp³-hybridized carbons (Fsp3) is 0.0667. The number of nitrogens with one attached hydrogen (secondary N) is 1. The van der Waals surface area contributed by atoms with Crippen molar-refractivity contribution in [2.24, 2.45) is 0 Å². The van der Waals surface area contributed by atoms with E-state index in [-0.39, 0.29) is 5.82 Å². The van der Waals surface area contributed by atoms with Crippen molar-refractivity contribution in [2.45, 2.75) is 6.92 Å². The summed E-state index contributed by atoms with van der Waals surface area (Å²) in [7, 11) is 0. The minimum Gasteiger partial charge on any atom is -0.291 e. The molecule has 0 spiro atoms. The molecule has 4 aromatic rings. The van der Waals surface area contributed by atoms with Crippen LogP contribution in [0.4, 0.5) is 4.39 Å². The summed E-state index contributed by atoms with van der Waals surface area (Å²) in [5, 5.41) is 7.79. The van der Waals surface area contributed by atoms with E-state index in [9.17, 15) is 4.39 Å². The Kier molecular flexibility index (Phi) is 2.18. The zero-order valence-corrected chi connectivity index (χ0v) is 10.8. The maximum absolute atomic E-state index is 13.5. The van der Waals surface area contributed by atoms with Crippen LogP contribution in [0.3, 0.4) is 0 Å². The number of aryl methyl sites for hydroxylation is 1. The van der Waals surface area contributed by atoms with Crippen LogP contribution >= 0.6 is 0 Å². The number of rotatable bonds is 1. The Bertz CT molecular complexity index is 936. The Balaban J connectivity index is 2.18. The van der Waals surface area contributed by atoms with E-state index in [0.717, 1.165) is 33.4 Å². The molecule has 0 aliphatic rings. The number of halogens is 1. The third-order valence-corrected chi connectivity index (χ3v) is 3.43. The average molecular weight is 266 g/mol. The van der Waals surface area contributed by atoms with E-state index < -0.39 is 0 Å². The summed E-state index contributed by atoms with van der Waals surface area (Å²) in [4.78, 5) is 4.55. The van der Waals surface area contributed by atoms with E-state index in [4.69, 9.17) is 0 Å². The van der Waals surface area contributed by atoms with Crippen molar-refractivity contribution in [3.8, 4) is 5.82 Å². The fourth-order valence-corrected chi connectivity index (χ4v) is 2.58. The molecule has 0 amide bonds. The Hall–Kier alpha value is -2.69. The summed E-state index contributed by atoms with van der Waals surface area (Å²) in [5.41, 5.74) is 3.56. The highest BCUT2D eigenvalue weighted by atomic mass is 19.1. The van der Waals surface area contributed by atoms with Crippen LogP contribution in [-0.4, -0.2) is 19.7 Å². The van der Waals surface area contributed by atoms with Gasteiger partial charge in [-0.15, -0.1) is 0 Å².